The van der Waals surface area contributed by atoms with Gasteiger partial charge >= 0.3 is 0 Å². The van der Waals surface area contributed by atoms with Gasteiger partial charge in [-0.05, 0) is 61.2 Å². The quantitative estimate of drug-likeness (QED) is 0.391. The molecule has 4 rings (SSSR count). The lowest BCUT2D eigenvalue weighted by Gasteiger charge is -2.26. The molecule has 5 heteroatoms. The lowest BCUT2D eigenvalue weighted by molar-refractivity contribution is -0.128. The summed E-state index contributed by atoms with van der Waals surface area (Å²) in [5, 5.41) is 2.98. The first kappa shape index (κ1) is 21.6. The van der Waals surface area contributed by atoms with Gasteiger partial charge in [0.15, 0.2) is 5.60 Å². The van der Waals surface area contributed by atoms with Gasteiger partial charge in [-0.25, -0.2) is 4.98 Å². The Morgan fingerprint density at radius 1 is 0.906 bits per heavy atom. The van der Waals surface area contributed by atoms with E-state index in [4.69, 9.17) is 4.74 Å². The number of carbonyl (C=O) groups is 1. The van der Waals surface area contributed by atoms with Gasteiger partial charge in [-0.15, -0.1) is 0 Å². The molecule has 0 aliphatic carbocycles. The smallest absolute Gasteiger partial charge is 0.267 e. The normalized spacial score (nSPS) is 12.0. The van der Waals surface area contributed by atoms with Crippen molar-refractivity contribution in [2.24, 2.45) is 0 Å². The number of aromatic nitrogens is 2. The number of nitrogens with zero attached hydrogens (tertiary/aromatic N) is 1. The van der Waals surface area contributed by atoms with Crippen molar-refractivity contribution in [3.8, 4) is 17.1 Å². The number of para-hydroxylation sites is 2. The predicted octanol–water partition coefficient (Wildman–Crippen LogP) is 6.32. The molecule has 4 aromatic rings. The number of ether oxygens (including phenoxy) is 1. The monoisotopic (exact) mass is 427 g/mol. The Kier molecular flexibility index (Phi) is 5.51. The number of hydrogen-bond acceptors (Lipinski definition) is 3. The zero-order chi connectivity index (χ0) is 22.9. The summed E-state index contributed by atoms with van der Waals surface area (Å²) in [6.45, 7) is 10.0. The van der Waals surface area contributed by atoms with Crippen LogP contribution in [0.25, 0.3) is 22.4 Å². The zero-order valence-electron chi connectivity index (χ0n) is 19.2. The molecule has 0 atom stereocenters. The first-order valence-electron chi connectivity index (χ1n) is 10.8. The number of fused-ring (bicyclic) bond motifs is 1. The van der Waals surface area contributed by atoms with Gasteiger partial charge in [-0.1, -0.05) is 57.2 Å². The van der Waals surface area contributed by atoms with Gasteiger partial charge in [-0.2, -0.15) is 0 Å². The van der Waals surface area contributed by atoms with E-state index in [2.05, 4.69) is 36.1 Å². The SMILES string of the molecule is CC(C)(Oc1ccc(C(C)(C)C)cc1)C(=O)Nc1cccc(-c2nc3ccccc3[nH]2)c1. The molecule has 0 saturated carbocycles. The number of hydrogen-bond donors (Lipinski definition) is 2. The van der Waals surface area contributed by atoms with E-state index in [1.165, 1.54) is 5.56 Å². The number of H-pyrrole nitrogens is 1. The summed E-state index contributed by atoms with van der Waals surface area (Å²) in [6.07, 6.45) is 0. The minimum absolute atomic E-state index is 0.0658. The third-order valence-corrected chi connectivity index (χ3v) is 5.42. The number of anilines is 1. The molecule has 164 valence electrons. The summed E-state index contributed by atoms with van der Waals surface area (Å²) in [7, 11) is 0. The number of carbonyl (C=O) groups excluding carboxylic acids is 1. The van der Waals surface area contributed by atoms with Gasteiger partial charge in [0.05, 0.1) is 11.0 Å². The summed E-state index contributed by atoms with van der Waals surface area (Å²) in [4.78, 5) is 21.0. The molecule has 2 N–H and O–H groups in total. The van der Waals surface area contributed by atoms with Crippen LogP contribution in [0.5, 0.6) is 5.75 Å². The number of nitrogens with one attached hydrogen (secondary N) is 2. The maximum Gasteiger partial charge on any atom is 0.267 e. The molecule has 1 amide bonds. The number of benzene rings is 3. The Bertz CT molecular complexity index is 1210. The second kappa shape index (κ2) is 8.15. The Morgan fingerprint density at radius 3 is 2.31 bits per heavy atom. The van der Waals surface area contributed by atoms with Gasteiger partial charge in [0.1, 0.15) is 11.6 Å². The Labute approximate surface area is 188 Å². The maximum atomic E-state index is 13.0. The summed E-state index contributed by atoms with van der Waals surface area (Å²) in [5.74, 6) is 1.20. The average Bonchev–Trinajstić information content (AvgIpc) is 3.18. The van der Waals surface area contributed by atoms with E-state index in [0.717, 1.165) is 22.4 Å². The van der Waals surface area contributed by atoms with Crippen molar-refractivity contribution >= 4 is 22.6 Å². The van der Waals surface area contributed by atoms with Crippen LogP contribution in [0.1, 0.15) is 40.2 Å². The summed E-state index contributed by atoms with van der Waals surface area (Å²) < 4.78 is 6.03. The molecule has 0 aliphatic heterocycles. The van der Waals surface area contributed by atoms with Crippen LogP contribution in [-0.4, -0.2) is 21.5 Å². The summed E-state index contributed by atoms with van der Waals surface area (Å²) >= 11 is 0. The lowest BCUT2D eigenvalue weighted by Crippen LogP contribution is -2.42. The second-order valence-corrected chi connectivity index (χ2v) is 9.52. The van der Waals surface area contributed by atoms with Crippen LogP contribution in [0.4, 0.5) is 5.69 Å². The molecule has 0 aliphatic rings. The summed E-state index contributed by atoms with van der Waals surface area (Å²) in [5.41, 5.74) is 3.71. The molecule has 0 spiro atoms. The van der Waals surface area contributed by atoms with Crippen molar-refractivity contribution in [3.63, 3.8) is 0 Å². The van der Waals surface area contributed by atoms with Crippen molar-refractivity contribution in [3.05, 3.63) is 78.4 Å². The van der Waals surface area contributed by atoms with E-state index in [-0.39, 0.29) is 11.3 Å². The highest BCUT2D eigenvalue weighted by atomic mass is 16.5. The Balaban J connectivity index is 1.48. The van der Waals surface area contributed by atoms with Crippen LogP contribution in [0, 0.1) is 0 Å². The third-order valence-electron chi connectivity index (χ3n) is 5.42. The second-order valence-electron chi connectivity index (χ2n) is 9.52. The van der Waals surface area contributed by atoms with Crippen LogP contribution >= 0.6 is 0 Å². The third kappa shape index (κ3) is 4.67. The van der Waals surface area contributed by atoms with E-state index in [0.29, 0.717) is 11.4 Å². The zero-order valence-corrected chi connectivity index (χ0v) is 19.2. The number of imidazole rings is 1. The minimum atomic E-state index is -1.04. The fourth-order valence-corrected chi connectivity index (χ4v) is 3.48. The van der Waals surface area contributed by atoms with E-state index in [9.17, 15) is 4.79 Å². The molecule has 0 radical (unpaired) electrons. The van der Waals surface area contributed by atoms with Crippen LogP contribution in [0.15, 0.2) is 72.8 Å². The predicted molar refractivity (Wildman–Crippen MR) is 130 cm³/mol. The topological polar surface area (TPSA) is 67.0 Å². The van der Waals surface area contributed by atoms with E-state index >= 15 is 0 Å². The van der Waals surface area contributed by atoms with Gasteiger partial charge in [0, 0.05) is 11.3 Å². The Hall–Kier alpha value is -3.60. The lowest BCUT2D eigenvalue weighted by atomic mass is 9.87. The molecule has 1 heterocycles. The van der Waals surface area contributed by atoms with Gasteiger partial charge in [0.25, 0.3) is 5.91 Å². The van der Waals surface area contributed by atoms with E-state index < -0.39 is 5.60 Å². The minimum Gasteiger partial charge on any atom is -0.478 e. The Morgan fingerprint density at radius 2 is 1.62 bits per heavy atom. The standard InChI is InChI=1S/C27H29N3O2/c1-26(2,3)19-13-15-21(16-14-19)32-27(4,5)25(31)28-20-10-8-9-18(17-20)24-29-22-11-6-7-12-23(22)30-24/h6-17H,1-5H3,(H,28,31)(H,29,30). The molecule has 0 bridgehead atoms. The van der Waals surface area contributed by atoms with Gasteiger partial charge in [0.2, 0.25) is 0 Å². The van der Waals surface area contributed by atoms with Crippen molar-refractivity contribution < 1.29 is 9.53 Å². The van der Waals surface area contributed by atoms with Crippen LogP contribution in [0.2, 0.25) is 0 Å². The summed E-state index contributed by atoms with van der Waals surface area (Å²) in [6, 6.07) is 23.4. The number of amides is 1. The average molecular weight is 428 g/mol. The molecular weight excluding hydrogens is 398 g/mol. The first-order chi connectivity index (χ1) is 15.1. The highest BCUT2D eigenvalue weighted by Crippen LogP contribution is 2.27. The number of rotatable bonds is 5. The van der Waals surface area contributed by atoms with E-state index in [1.54, 1.807) is 13.8 Å². The van der Waals surface area contributed by atoms with Crippen molar-refractivity contribution in [1.29, 1.82) is 0 Å². The molecule has 0 fully saturated rings. The van der Waals surface area contributed by atoms with Gasteiger partial charge in [-0.3, -0.25) is 4.79 Å². The molecule has 3 aromatic carbocycles. The van der Waals surface area contributed by atoms with Crippen molar-refractivity contribution in [1.82, 2.24) is 9.97 Å². The molecule has 32 heavy (non-hydrogen) atoms. The highest BCUT2D eigenvalue weighted by Gasteiger charge is 2.30. The molecule has 5 nitrogen and oxygen atoms in total. The van der Waals surface area contributed by atoms with Gasteiger partial charge < -0.3 is 15.0 Å². The van der Waals surface area contributed by atoms with E-state index in [1.807, 2.05) is 72.8 Å². The van der Waals surface area contributed by atoms with Crippen LogP contribution < -0.4 is 10.1 Å². The van der Waals surface area contributed by atoms with Crippen molar-refractivity contribution in [2.45, 2.75) is 45.6 Å². The first-order valence-corrected chi connectivity index (χ1v) is 10.8. The molecular formula is C27H29N3O2. The van der Waals surface area contributed by atoms with Crippen molar-refractivity contribution in [2.75, 3.05) is 5.32 Å². The molecule has 0 unspecified atom stereocenters. The van der Waals surface area contributed by atoms with Crippen LogP contribution in [-0.2, 0) is 10.2 Å². The fraction of sp³-hybridized carbons (Fsp3) is 0.259. The molecule has 0 saturated heterocycles. The fourth-order valence-electron chi connectivity index (χ4n) is 3.48. The maximum absolute atomic E-state index is 13.0. The largest absolute Gasteiger partial charge is 0.478 e. The van der Waals surface area contributed by atoms with Crippen LogP contribution in [0.3, 0.4) is 0 Å². The molecule has 1 aromatic heterocycles. The number of aromatic amines is 1. The highest BCUT2D eigenvalue weighted by molar-refractivity contribution is 5.97.